The summed E-state index contributed by atoms with van der Waals surface area (Å²) < 4.78 is 2.88. The topological polar surface area (TPSA) is 100 Å². The number of nitrogens with one attached hydrogen (secondary N) is 2. The number of aryl methyl sites for hydroxylation is 2. The normalized spacial score (nSPS) is 11.7. The first kappa shape index (κ1) is 25.3. The van der Waals surface area contributed by atoms with Crippen molar-refractivity contribution in [2.24, 2.45) is 9.98 Å². The molecule has 5 aromatic rings. The Labute approximate surface area is 227 Å². The number of halogens is 2. The van der Waals surface area contributed by atoms with Crippen molar-refractivity contribution in [3.63, 3.8) is 0 Å². The molecular formula is C28H22Cl2N6O2. The zero-order valence-corrected chi connectivity index (χ0v) is 22.0. The van der Waals surface area contributed by atoms with Crippen molar-refractivity contribution in [2.75, 3.05) is 0 Å². The lowest BCUT2D eigenvalue weighted by molar-refractivity contribution is 0.835. The van der Waals surface area contributed by atoms with Crippen molar-refractivity contribution in [3.8, 4) is 11.4 Å². The summed E-state index contributed by atoms with van der Waals surface area (Å²) in [6.07, 6.45) is 3.04. The molecule has 3 aromatic carbocycles. The minimum absolute atomic E-state index is 0.236. The minimum Gasteiger partial charge on any atom is -0.295 e. The van der Waals surface area contributed by atoms with Crippen molar-refractivity contribution in [1.29, 1.82) is 0 Å². The number of rotatable bonds is 6. The highest BCUT2D eigenvalue weighted by Crippen LogP contribution is 2.27. The summed E-state index contributed by atoms with van der Waals surface area (Å²) >= 11 is 11.9. The number of para-hydroxylation sites is 2. The molecule has 38 heavy (non-hydrogen) atoms. The van der Waals surface area contributed by atoms with Gasteiger partial charge in [0.15, 0.2) is 0 Å². The van der Waals surface area contributed by atoms with Gasteiger partial charge in [-0.15, -0.1) is 0 Å². The van der Waals surface area contributed by atoms with Crippen LogP contribution in [0.15, 0.2) is 92.4 Å². The number of nitrogens with zero attached hydrogens (tertiary/aromatic N) is 4. The molecule has 0 fully saturated rings. The van der Waals surface area contributed by atoms with Crippen LogP contribution in [0, 0.1) is 13.8 Å². The molecule has 5 rings (SSSR count). The van der Waals surface area contributed by atoms with Crippen LogP contribution in [-0.4, -0.2) is 32.0 Å². The van der Waals surface area contributed by atoms with Crippen molar-refractivity contribution in [2.45, 2.75) is 13.8 Å². The van der Waals surface area contributed by atoms with Gasteiger partial charge in [-0.25, -0.2) is 9.36 Å². The van der Waals surface area contributed by atoms with E-state index >= 15 is 0 Å². The van der Waals surface area contributed by atoms with Gasteiger partial charge < -0.3 is 0 Å². The Hall–Kier alpha value is -4.40. The lowest BCUT2D eigenvalue weighted by Crippen LogP contribution is -2.17. The molecule has 0 amide bonds. The molecule has 0 saturated heterocycles. The monoisotopic (exact) mass is 544 g/mol. The largest absolute Gasteiger partial charge is 0.295 e. The van der Waals surface area contributed by atoms with E-state index in [4.69, 9.17) is 23.2 Å². The summed E-state index contributed by atoms with van der Waals surface area (Å²) in [6.45, 7) is 3.61. The summed E-state index contributed by atoms with van der Waals surface area (Å²) in [7, 11) is 0. The van der Waals surface area contributed by atoms with Crippen LogP contribution in [0.5, 0.6) is 0 Å². The van der Waals surface area contributed by atoms with E-state index in [-0.39, 0.29) is 11.1 Å². The second kappa shape index (κ2) is 10.5. The highest BCUT2D eigenvalue weighted by molar-refractivity contribution is 6.30. The third-order valence-electron chi connectivity index (χ3n) is 5.95. The van der Waals surface area contributed by atoms with Crippen molar-refractivity contribution in [1.82, 2.24) is 19.6 Å². The molecule has 0 unspecified atom stereocenters. The molecular weight excluding hydrogens is 523 g/mol. The first-order chi connectivity index (χ1) is 18.3. The summed E-state index contributed by atoms with van der Waals surface area (Å²) in [5.74, 6) is 0. The Morgan fingerprint density at radius 2 is 1.00 bits per heavy atom. The molecule has 8 nitrogen and oxygen atoms in total. The smallest absolute Gasteiger partial charge is 0.280 e. The third-order valence-corrected chi connectivity index (χ3v) is 6.45. The summed E-state index contributed by atoms with van der Waals surface area (Å²) in [5, 5.41) is 7.31. The number of aromatic amines is 2. The van der Waals surface area contributed by atoms with Gasteiger partial charge in [0, 0.05) is 33.9 Å². The number of aliphatic imine (C=N–C) groups is 2. The maximum atomic E-state index is 13.0. The maximum absolute atomic E-state index is 13.0. The molecule has 0 radical (unpaired) electrons. The fourth-order valence-corrected chi connectivity index (χ4v) is 4.17. The quantitative estimate of drug-likeness (QED) is 0.253. The minimum atomic E-state index is -0.236. The standard InChI is InChI=1S/C28H22Cl2N6O2/c1-17-23(27(37)35(33-17)21-11-7-19(29)8-12-21)15-31-25-5-3-4-6-26(25)32-16-24-18(2)34-36(28(24)38)22-13-9-20(30)10-14-22/h3-16,33-34H,1-2H3. The zero-order valence-electron chi connectivity index (χ0n) is 20.4. The van der Waals surface area contributed by atoms with Gasteiger partial charge in [-0.1, -0.05) is 35.3 Å². The van der Waals surface area contributed by atoms with Crippen LogP contribution in [0.1, 0.15) is 22.5 Å². The highest BCUT2D eigenvalue weighted by Gasteiger charge is 2.12. The Kier molecular flexibility index (Phi) is 7.00. The molecule has 10 heteroatoms. The lowest BCUT2D eigenvalue weighted by atomic mass is 10.2. The van der Waals surface area contributed by atoms with E-state index in [0.29, 0.717) is 55.3 Å². The number of hydrogen-bond acceptors (Lipinski definition) is 4. The van der Waals surface area contributed by atoms with Gasteiger partial charge in [-0.2, -0.15) is 0 Å². The first-order valence-corrected chi connectivity index (χ1v) is 12.4. The zero-order chi connectivity index (χ0) is 26.8. The Bertz CT molecular complexity index is 1660. The van der Waals surface area contributed by atoms with Crippen molar-refractivity contribution in [3.05, 3.63) is 126 Å². The SMILES string of the molecule is Cc1[nH]n(-c2ccc(Cl)cc2)c(=O)c1C=Nc1ccccc1N=Cc1c(C)[nH]n(-c2ccc(Cl)cc2)c1=O. The van der Waals surface area contributed by atoms with E-state index < -0.39 is 0 Å². The van der Waals surface area contributed by atoms with E-state index in [0.717, 1.165) is 0 Å². The average Bonchev–Trinajstić information content (AvgIpc) is 3.36. The third kappa shape index (κ3) is 5.04. The predicted molar refractivity (Wildman–Crippen MR) is 153 cm³/mol. The van der Waals surface area contributed by atoms with E-state index in [9.17, 15) is 9.59 Å². The summed E-state index contributed by atoms with van der Waals surface area (Å²) in [5.41, 5.74) is 4.14. The van der Waals surface area contributed by atoms with Gasteiger partial charge >= 0.3 is 0 Å². The molecule has 2 aromatic heterocycles. The van der Waals surface area contributed by atoms with Crippen molar-refractivity contribution < 1.29 is 0 Å². The fourth-order valence-electron chi connectivity index (χ4n) is 3.92. The van der Waals surface area contributed by atoms with E-state index in [1.54, 1.807) is 74.5 Å². The van der Waals surface area contributed by atoms with E-state index in [1.165, 1.54) is 21.8 Å². The molecule has 0 atom stereocenters. The fraction of sp³-hybridized carbons (Fsp3) is 0.0714. The van der Waals surface area contributed by atoms with Gasteiger partial charge in [0.2, 0.25) is 0 Å². The summed E-state index contributed by atoms with van der Waals surface area (Å²) in [4.78, 5) is 35.2. The molecule has 2 N–H and O–H groups in total. The van der Waals surface area contributed by atoms with Crippen LogP contribution in [0.2, 0.25) is 10.0 Å². The van der Waals surface area contributed by atoms with Gasteiger partial charge in [-0.3, -0.25) is 29.8 Å². The van der Waals surface area contributed by atoms with Gasteiger partial charge in [-0.05, 0) is 74.5 Å². The van der Waals surface area contributed by atoms with Crippen LogP contribution in [0.25, 0.3) is 11.4 Å². The average molecular weight is 545 g/mol. The molecule has 0 aliphatic heterocycles. The van der Waals surface area contributed by atoms with Crippen LogP contribution < -0.4 is 11.1 Å². The number of aromatic nitrogens is 4. The molecule has 0 aliphatic rings. The van der Waals surface area contributed by atoms with Crippen LogP contribution in [0.3, 0.4) is 0 Å². The molecule has 0 bridgehead atoms. The Balaban J connectivity index is 1.44. The lowest BCUT2D eigenvalue weighted by Gasteiger charge is -2.00. The first-order valence-electron chi connectivity index (χ1n) is 11.6. The predicted octanol–water partition coefficient (Wildman–Crippen LogP) is 6.07. The number of benzene rings is 3. The van der Waals surface area contributed by atoms with Crippen LogP contribution in [0.4, 0.5) is 11.4 Å². The molecule has 0 aliphatic carbocycles. The van der Waals surface area contributed by atoms with E-state index in [1.807, 2.05) is 12.1 Å². The van der Waals surface area contributed by atoms with Crippen LogP contribution >= 0.6 is 23.2 Å². The molecule has 0 spiro atoms. The second-order valence-corrected chi connectivity index (χ2v) is 9.41. The van der Waals surface area contributed by atoms with Gasteiger partial charge in [0.1, 0.15) is 0 Å². The Morgan fingerprint density at radius 3 is 1.37 bits per heavy atom. The molecule has 2 heterocycles. The summed E-state index contributed by atoms with van der Waals surface area (Å²) in [6, 6.07) is 21.2. The van der Waals surface area contributed by atoms with E-state index in [2.05, 4.69) is 20.2 Å². The van der Waals surface area contributed by atoms with Gasteiger partial charge in [0.25, 0.3) is 11.1 Å². The molecule has 0 saturated carbocycles. The second-order valence-electron chi connectivity index (χ2n) is 8.54. The molecule has 190 valence electrons. The highest BCUT2D eigenvalue weighted by atomic mass is 35.5. The van der Waals surface area contributed by atoms with Crippen LogP contribution in [-0.2, 0) is 0 Å². The Morgan fingerprint density at radius 1 is 0.632 bits per heavy atom. The van der Waals surface area contributed by atoms with Gasteiger partial charge in [0.05, 0.1) is 33.9 Å². The maximum Gasteiger partial charge on any atom is 0.280 e. The number of hydrogen-bond donors (Lipinski definition) is 2. The number of H-pyrrole nitrogens is 2. The van der Waals surface area contributed by atoms with Crippen molar-refractivity contribution >= 4 is 47.0 Å².